The van der Waals surface area contributed by atoms with Crippen LogP contribution in [-0.4, -0.2) is 20.2 Å². The molecule has 3 aromatic rings. The van der Waals surface area contributed by atoms with E-state index in [-0.39, 0.29) is 5.37 Å². The normalized spacial score (nSPS) is 16.6. The van der Waals surface area contributed by atoms with Crippen molar-refractivity contribution in [3.05, 3.63) is 82.6 Å². The maximum atomic E-state index is 6.44. The fraction of sp³-hybridized carbons (Fsp3) is 0.111. The second-order valence-corrected chi connectivity index (χ2v) is 7.54. The minimum Gasteiger partial charge on any atom is -0.305 e. The molecule has 0 fully saturated rings. The van der Waals surface area contributed by atoms with E-state index in [0.29, 0.717) is 10.1 Å². The molecule has 0 bridgehead atoms. The van der Waals surface area contributed by atoms with Gasteiger partial charge in [0.1, 0.15) is 5.37 Å². The zero-order chi connectivity index (χ0) is 17.2. The molecule has 126 valence electrons. The molecule has 1 N–H and O–H groups in total. The molecule has 0 aliphatic carbocycles. The summed E-state index contributed by atoms with van der Waals surface area (Å²) >= 11 is 13.9. The van der Waals surface area contributed by atoms with Crippen molar-refractivity contribution in [2.24, 2.45) is 0 Å². The van der Waals surface area contributed by atoms with E-state index in [2.05, 4.69) is 27.8 Å². The Morgan fingerprint density at radius 3 is 2.64 bits per heavy atom. The number of aromatic nitrogens is 3. The fourth-order valence-electron chi connectivity index (χ4n) is 2.58. The third kappa shape index (κ3) is 3.68. The van der Waals surface area contributed by atoms with Crippen molar-refractivity contribution in [3.8, 4) is 0 Å². The summed E-state index contributed by atoms with van der Waals surface area (Å²) in [5.41, 5.74) is 5.51. The van der Waals surface area contributed by atoms with Gasteiger partial charge in [0.25, 0.3) is 0 Å². The van der Waals surface area contributed by atoms with E-state index in [0.717, 1.165) is 23.0 Å². The van der Waals surface area contributed by atoms with Crippen LogP contribution in [0.15, 0.2) is 65.8 Å². The third-order valence-corrected chi connectivity index (χ3v) is 5.38. The number of hydrogen-bond donors (Lipinski definition) is 1. The smallest absolute Gasteiger partial charge is 0.212 e. The number of nitrogens with one attached hydrogen (secondary N) is 1. The lowest BCUT2D eigenvalue weighted by molar-refractivity contribution is 0.763. The van der Waals surface area contributed by atoms with Crippen molar-refractivity contribution in [3.63, 3.8) is 0 Å². The minimum absolute atomic E-state index is 0.00296. The van der Waals surface area contributed by atoms with Gasteiger partial charge in [0.05, 0.1) is 0 Å². The zero-order valence-corrected chi connectivity index (χ0v) is 15.4. The first kappa shape index (κ1) is 16.5. The number of nitrogens with zero attached hydrogens (tertiary/aromatic N) is 3. The van der Waals surface area contributed by atoms with Gasteiger partial charge in [-0.2, -0.15) is 0 Å². The molecule has 1 atom stereocenters. The monoisotopic (exact) mass is 388 g/mol. The number of hydrogen-bond acceptors (Lipinski definition) is 4. The maximum absolute atomic E-state index is 6.44. The van der Waals surface area contributed by atoms with Gasteiger partial charge in [-0.05, 0) is 29.3 Å². The second kappa shape index (κ2) is 7.12. The third-order valence-electron chi connectivity index (χ3n) is 3.81. The summed E-state index contributed by atoms with van der Waals surface area (Å²) in [5.74, 6) is 0.882. The van der Waals surface area contributed by atoms with Crippen LogP contribution in [0.1, 0.15) is 17.0 Å². The van der Waals surface area contributed by atoms with Gasteiger partial charge in [0.2, 0.25) is 5.16 Å². The predicted molar refractivity (Wildman–Crippen MR) is 104 cm³/mol. The summed E-state index contributed by atoms with van der Waals surface area (Å²) in [7, 11) is 0. The lowest BCUT2D eigenvalue weighted by Crippen LogP contribution is -2.19. The number of halogens is 2. The molecule has 2 aromatic carbocycles. The predicted octanol–water partition coefficient (Wildman–Crippen LogP) is 4.78. The molecular formula is C18H14Cl2N4S. The van der Waals surface area contributed by atoms with Crippen molar-refractivity contribution in [1.29, 1.82) is 0 Å². The van der Waals surface area contributed by atoms with Crippen LogP contribution in [0.2, 0.25) is 5.02 Å². The largest absolute Gasteiger partial charge is 0.305 e. The SMILES string of the molecule is Cl/C(=C/C1Nn2c(Cc3ccccc3)nnc2S1)c1ccc(Cl)cc1. The maximum Gasteiger partial charge on any atom is 0.212 e. The zero-order valence-electron chi connectivity index (χ0n) is 13.1. The Morgan fingerprint density at radius 2 is 1.88 bits per heavy atom. The molecule has 25 heavy (non-hydrogen) atoms. The molecule has 1 aliphatic rings. The van der Waals surface area contributed by atoms with Gasteiger partial charge >= 0.3 is 0 Å². The number of benzene rings is 2. The van der Waals surface area contributed by atoms with E-state index in [1.807, 2.05) is 53.2 Å². The number of thioether (sulfide) groups is 1. The van der Waals surface area contributed by atoms with Crippen molar-refractivity contribution < 1.29 is 0 Å². The number of rotatable bonds is 4. The highest BCUT2D eigenvalue weighted by atomic mass is 35.5. The molecule has 0 amide bonds. The van der Waals surface area contributed by atoms with E-state index < -0.39 is 0 Å². The Bertz CT molecular complexity index is 907. The van der Waals surface area contributed by atoms with Gasteiger partial charge in [-0.15, -0.1) is 10.2 Å². The van der Waals surface area contributed by atoms with Crippen molar-refractivity contribution in [2.75, 3.05) is 5.43 Å². The van der Waals surface area contributed by atoms with Crippen LogP contribution in [0, 0.1) is 0 Å². The quantitative estimate of drug-likeness (QED) is 0.698. The standard InChI is InChI=1S/C18H14Cl2N4S/c19-14-8-6-13(7-9-14)15(20)11-17-23-24-16(21-22-18(24)25-17)10-12-4-2-1-3-5-12/h1-9,11,17,23H,10H2/b15-11+. The van der Waals surface area contributed by atoms with E-state index in [4.69, 9.17) is 23.2 Å². The van der Waals surface area contributed by atoms with Crippen LogP contribution < -0.4 is 5.43 Å². The minimum atomic E-state index is 0.00296. The van der Waals surface area contributed by atoms with Crippen molar-refractivity contribution >= 4 is 40.0 Å². The molecule has 7 heteroatoms. The molecule has 0 radical (unpaired) electrons. The molecular weight excluding hydrogens is 375 g/mol. The van der Waals surface area contributed by atoms with Gasteiger partial charge in [0.15, 0.2) is 5.82 Å². The fourth-order valence-corrected chi connectivity index (χ4v) is 3.97. The van der Waals surface area contributed by atoms with E-state index in [9.17, 15) is 0 Å². The summed E-state index contributed by atoms with van der Waals surface area (Å²) in [5, 5.41) is 10.7. The molecule has 0 saturated heterocycles. The molecule has 2 heterocycles. The van der Waals surface area contributed by atoms with Crippen LogP contribution in [0.4, 0.5) is 0 Å². The number of fused-ring (bicyclic) bond motifs is 1. The summed E-state index contributed by atoms with van der Waals surface area (Å²) < 4.78 is 1.94. The van der Waals surface area contributed by atoms with E-state index in [1.165, 1.54) is 5.56 Å². The highest BCUT2D eigenvalue weighted by Gasteiger charge is 2.25. The molecule has 0 spiro atoms. The average Bonchev–Trinajstić information content (AvgIpc) is 3.18. The topological polar surface area (TPSA) is 42.7 Å². The van der Waals surface area contributed by atoms with E-state index >= 15 is 0 Å². The van der Waals surface area contributed by atoms with Crippen LogP contribution >= 0.6 is 35.0 Å². The first-order valence-corrected chi connectivity index (χ1v) is 9.37. The Morgan fingerprint density at radius 1 is 1.12 bits per heavy atom. The molecule has 0 saturated carbocycles. The summed E-state index contributed by atoms with van der Waals surface area (Å²) in [6.45, 7) is 0. The average molecular weight is 389 g/mol. The van der Waals surface area contributed by atoms with Crippen molar-refractivity contribution in [1.82, 2.24) is 14.9 Å². The van der Waals surface area contributed by atoms with Gasteiger partial charge in [-0.1, -0.05) is 77.4 Å². The molecule has 4 nitrogen and oxygen atoms in total. The highest BCUT2D eigenvalue weighted by molar-refractivity contribution is 8.00. The summed E-state index contributed by atoms with van der Waals surface area (Å²) in [4.78, 5) is 0. The lowest BCUT2D eigenvalue weighted by atomic mass is 10.1. The first-order chi connectivity index (χ1) is 12.2. The van der Waals surface area contributed by atoms with E-state index in [1.54, 1.807) is 11.8 Å². The van der Waals surface area contributed by atoms with Gasteiger partial charge in [-0.3, -0.25) is 0 Å². The first-order valence-electron chi connectivity index (χ1n) is 7.74. The summed E-state index contributed by atoms with van der Waals surface area (Å²) in [6, 6.07) is 17.7. The molecule has 1 unspecified atom stereocenters. The Labute approximate surface area is 159 Å². The van der Waals surface area contributed by atoms with Gasteiger partial charge in [-0.25, -0.2) is 4.68 Å². The molecule has 4 rings (SSSR count). The Kier molecular flexibility index (Phi) is 4.70. The second-order valence-electron chi connectivity index (χ2n) is 5.59. The Balaban J connectivity index is 1.50. The molecule has 1 aliphatic heterocycles. The van der Waals surface area contributed by atoms with Crippen LogP contribution in [0.5, 0.6) is 0 Å². The van der Waals surface area contributed by atoms with Gasteiger partial charge < -0.3 is 5.43 Å². The highest BCUT2D eigenvalue weighted by Crippen LogP contribution is 2.32. The van der Waals surface area contributed by atoms with Crippen LogP contribution in [0.25, 0.3) is 5.03 Å². The van der Waals surface area contributed by atoms with Crippen molar-refractivity contribution in [2.45, 2.75) is 17.0 Å². The van der Waals surface area contributed by atoms with Gasteiger partial charge in [0, 0.05) is 16.5 Å². The molecule has 1 aromatic heterocycles. The van der Waals surface area contributed by atoms with Crippen LogP contribution in [0.3, 0.4) is 0 Å². The lowest BCUT2D eigenvalue weighted by Gasteiger charge is -2.09. The Hall–Kier alpha value is -1.95. The summed E-state index contributed by atoms with van der Waals surface area (Å²) in [6.07, 6.45) is 2.69. The van der Waals surface area contributed by atoms with Crippen LogP contribution in [-0.2, 0) is 6.42 Å².